The third kappa shape index (κ3) is 9.06. The minimum absolute atomic E-state index is 0.211. The topological polar surface area (TPSA) is 27.7 Å². The summed E-state index contributed by atoms with van der Waals surface area (Å²) in [6.45, 7) is 23.4. The molecule has 1 aromatic carbocycles. The van der Waals surface area contributed by atoms with E-state index in [0.717, 1.165) is 24.3 Å². The van der Waals surface area contributed by atoms with E-state index in [4.69, 9.17) is 13.6 Å². The molecule has 0 radical (unpaired) electrons. The highest BCUT2D eigenvalue weighted by Crippen LogP contribution is 2.55. The summed E-state index contributed by atoms with van der Waals surface area (Å²) < 4.78 is 22.0. The molecule has 1 aromatic rings. The van der Waals surface area contributed by atoms with Gasteiger partial charge in [0.1, 0.15) is 17.1 Å². The van der Waals surface area contributed by atoms with Crippen LogP contribution in [0.2, 0.25) is 36.3 Å². The van der Waals surface area contributed by atoms with Crippen molar-refractivity contribution < 1.29 is 13.6 Å². The van der Waals surface area contributed by atoms with Crippen molar-refractivity contribution in [1.82, 2.24) is 0 Å². The summed E-state index contributed by atoms with van der Waals surface area (Å²) in [5, 5.41) is 0. The molecule has 3 atom stereocenters. The first-order chi connectivity index (χ1) is 21.1. The average molecular weight is 643 g/mol. The molecular formula is C39H70O3Si2. The van der Waals surface area contributed by atoms with Crippen LogP contribution in [0.3, 0.4) is 0 Å². The van der Waals surface area contributed by atoms with Gasteiger partial charge >= 0.3 is 0 Å². The number of hydrogen-bond donors (Lipinski definition) is 0. The lowest BCUT2D eigenvalue weighted by Gasteiger charge is -2.50. The number of ether oxygens (including phenoxy) is 1. The highest BCUT2D eigenvalue weighted by Gasteiger charge is 2.49. The van der Waals surface area contributed by atoms with Crippen LogP contribution in [0.1, 0.15) is 150 Å². The van der Waals surface area contributed by atoms with E-state index in [-0.39, 0.29) is 11.7 Å². The fourth-order valence-electron chi connectivity index (χ4n) is 8.80. The van der Waals surface area contributed by atoms with E-state index in [1.807, 2.05) is 0 Å². The van der Waals surface area contributed by atoms with Gasteiger partial charge in [-0.2, -0.15) is 0 Å². The van der Waals surface area contributed by atoms with Crippen molar-refractivity contribution in [2.75, 3.05) is 0 Å². The molecule has 1 heterocycles. The first-order valence-electron chi connectivity index (χ1n) is 19.0. The van der Waals surface area contributed by atoms with E-state index in [1.54, 1.807) is 0 Å². The molecule has 0 aromatic heterocycles. The molecule has 0 spiro atoms. The molecule has 3 nitrogen and oxygen atoms in total. The van der Waals surface area contributed by atoms with Crippen molar-refractivity contribution in [3.63, 3.8) is 0 Å². The lowest BCUT2D eigenvalue weighted by molar-refractivity contribution is -0.00702. The summed E-state index contributed by atoms with van der Waals surface area (Å²) in [6, 6.07) is 12.4. The summed E-state index contributed by atoms with van der Waals surface area (Å²) >= 11 is 0. The first kappa shape index (κ1) is 37.4. The van der Waals surface area contributed by atoms with E-state index in [0.29, 0.717) is 11.8 Å². The van der Waals surface area contributed by atoms with Crippen molar-refractivity contribution in [2.45, 2.75) is 194 Å². The largest absolute Gasteiger partial charge is 0.543 e. The molecule has 0 bridgehead atoms. The van der Waals surface area contributed by atoms with E-state index in [1.165, 1.54) is 111 Å². The molecule has 252 valence electrons. The number of hydrogen-bond acceptors (Lipinski definition) is 3. The van der Waals surface area contributed by atoms with Crippen LogP contribution in [0.4, 0.5) is 0 Å². The quantitative estimate of drug-likeness (QED) is 0.0804. The predicted octanol–water partition coefficient (Wildman–Crippen LogP) is 12.8. The number of allylic oxidation sites excluding steroid dienone is 1. The van der Waals surface area contributed by atoms with Crippen molar-refractivity contribution in [2.24, 2.45) is 5.92 Å². The van der Waals surface area contributed by atoms with Gasteiger partial charge in [-0.25, -0.2) is 0 Å². The molecule has 0 fully saturated rings. The molecule has 0 N–H and O–H groups in total. The van der Waals surface area contributed by atoms with Gasteiger partial charge in [-0.3, -0.25) is 0 Å². The number of rotatable bonds is 20. The average Bonchev–Trinajstić information content (AvgIpc) is 2.94. The zero-order valence-corrected chi connectivity index (χ0v) is 32.7. The maximum atomic E-state index is 7.53. The van der Waals surface area contributed by atoms with E-state index >= 15 is 0 Å². The highest BCUT2D eigenvalue weighted by molar-refractivity contribution is 6.74. The Balaban J connectivity index is 2.13. The Morgan fingerprint density at radius 1 is 0.750 bits per heavy atom. The van der Waals surface area contributed by atoms with Gasteiger partial charge in [0.05, 0.1) is 6.10 Å². The zero-order chi connectivity index (χ0) is 32.4. The summed E-state index contributed by atoms with van der Waals surface area (Å²) in [6.07, 6.45) is 16.0. The highest BCUT2D eigenvalue weighted by atomic mass is 28.4. The van der Waals surface area contributed by atoms with E-state index < -0.39 is 16.6 Å². The number of unbranched alkanes of at least 4 members (excludes halogenated alkanes) is 2. The second-order valence-electron chi connectivity index (χ2n) is 15.0. The summed E-state index contributed by atoms with van der Waals surface area (Å²) in [7, 11) is -3.73. The summed E-state index contributed by atoms with van der Waals surface area (Å²) in [5.74, 6) is 2.93. The fraction of sp³-hybridized carbons (Fsp3) is 0.795. The molecule has 5 heteroatoms. The second kappa shape index (κ2) is 17.2. The van der Waals surface area contributed by atoms with Gasteiger partial charge in [0.15, 0.2) is 8.32 Å². The van der Waals surface area contributed by atoms with Crippen LogP contribution in [0.25, 0.3) is 0 Å². The van der Waals surface area contributed by atoms with Gasteiger partial charge in [0.2, 0.25) is 0 Å². The van der Waals surface area contributed by atoms with E-state index in [9.17, 15) is 0 Å². The molecule has 0 amide bonds. The second-order valence-corrected chi connectivity index (χ2v) is 23.2. The van der Waals surface area contributed by atoms with Gasteiger partial charge in [0.25, 0.3) is 8.32 Å². The normalized spacial score (nSPS) is 21.3. The van der Waals surface area contributed by atoms with Crippen LogP contribution < -0.4 is 9.16 Å². The predicted molar refractivity (Wildman–Crippen MR) is 197 cm³/mol. The monoisotopic (exact) mass is 642 g/mol. The zero-order valence-electron chi connectivity index (χ0n) is 30.7. The van der Waals surface area contributed by atoms with Crippen molar-refractivity contribution in [3.05, 3.63) is 34.9 Å². The molecule has 0 unspecified atom stereocenters. The van der Waals surface area contributed by atoms with Crippen LogP contribution >= 0.6 is 0 Å². The molecule has 2 aliphatic rings. The first-order valence-corrected chi connectivity index (χ1v) is 24.0. The molecule has 0 saturated heterocycles. The Bertz CT molecular complexity index is 1010. The van der Waals surface area contributed by atoms with Gasteiger partial charge in [-0.1, -0.05) is 106 Å². The lowest BCUT2D eigenvalue weighted by atomic mass is 9.67. The maximum Gasteiger partial charge on any atom is 0.251 e. The Hall–Kier alpha value is -1.05. The van der Waals surface area contributed by atoms with Crippen molar-refractivity contribution >= 4 is 16.6 Å². The summed E-state index contributed by atoms with van der Waals surface area (Å²) in [4.78, 5) is 0. The number of aryl methyl sites for hydroxylation is 1. The maximum absolute atomic E-state index is 7.53. The molecule has 1 aliphatic heterocycles. The number of fused-ring (bicyclic) bond motifs is 3. The van der Waals surface area contributed by atoms with Gasteiger partial charge in [-0.15, -0.1) is 0 Å². The van der Waals surface area contributed by atoms with Gasteiger partial charge in [-0.05, 0) is 99.6 Å². The SMILES string of the molecule is CCCCCc1cc2c(c(O[Si](CCC)(CCC)CCC)c1)[C@@H]1C=C(C)[C@@H](O[Si](CCC)(CCC)CCC)C[C@H]1C(C)(C)O2. The van der Waals surface area contributed by atoms with Crippen LogP contribution in [0.5, 0.6) is 11.5 Å². The van der Waals surface area contributed by atoms with Gasteiger partial charge < -0.3 is 13.6 Å². The smallest absolute Gasteiger partial charge is 0.251 e. The lowest BCUT2D eigenvalue weighted by Crippen LogP contribution is -2.50. The van der Waals surface area contributed by atoms with Crippen LogP contribution in [-0.4, -0.2) is 28.3 Å². The minimum Gasteiger partial charge on any atom is -0.543 e. The fourth-order valence-corrected chi connectivity index (χ4v) is 17.9. The van der Waals surface area contributed by atoms with Crippen LogP contribution in [-0.2, 0) is 10.8 Å². The molecular weight excluding hydrogens is 573 g/mol. The Kier molecular flexibility index (Phi) is 14.6. The van der Waals surface area contributed by atoms with Gasteiger partial charge in [0, 0.05) is 17.4 Å². The standard InChI is InChI=1S/C39H70O3Si2/c1-11-18-19-20-32-28-36-38(37(29-32)42-44(24-15-5,25-16-6)26-17-7)33-27-31(8)35(30-34(33)39(9,10)40-36)41-43(21-12-2,22-13-3)23-14-4/h27-29,33-35H,11-26,30H2,1-10H3/t33-,34-,35+/m1/s1. The number of benzene rings is 1. The van der Waals surface area contributed by atoms with Crippen LogP contribution in [0.15, 0.2) is 23.8 Å². The third-order valence-electron chi connectivity index (χ3n) is 10.6. The van der Waals surface area contributed by atoms with E-state index in [2.05, 4.69) is 87.4 Å². The van der Waals surface area contributed by atoms with Crippen LogP contribution in [0, 0.1) is 5.92 Å². The minimum atomic E-state index is -1.93. The van der Waals surface area contributed by atoms with Crippen molar-refractivity contribution in [1.29, 1.82) is 0 Å². The Morgan fingerprint density at radius 3 is 1.82 bits per heavy atom. The molecule has 1 aliphatic carbocycles. The van der Waals surface area contributed by atoms with Crippen molar-refractivity contribution in [3.8, 4) is 11.5 Å². The third-order valence-corrected chi connectivity index (χ3v) is 20.5. The molecule has 44 heavy (non-hydrogen) atoms. The molecule has 0 saturated carbocycles. The molecule has 3 rings (SSSR count). The summed E-state index contributed by atoms with van der Waals surface area (Å²) in [5.41, 5.74) is 3.91. The Morgan fingerprint density at radius 2 is 1.30 bits per heavy atom. The Labute approximate surface area is 275 Å².